The number of halogens is 2. The molecule has 1 aromatic carbocycles. The van der Waals surface area contributed by atoms with Gasteiger partial charge < -0.3 is 9.88 Å². The largest absolute Gasteiger partial charge is 0.354 e. The number of aromatic nitrogens is 2. The lowest BCUT2D eigenvalue weighted by molar-refractivity contribution is -0.123. The van der Waals surface area contributed by atoms with E-state index in [4.69, 9.17) is 23.2 Å². The van der Waals surface area contributed by atoms with Crippen LogP contribution in [-0.4, -0.2) is 22.0 Å². The fourth-order valence-electron chi connectivity index (χ4n) is 1.84. The van der Waals surface area contributed by atoms with E-state index in [1.165, 1.54) is 0 Å². The Labute approximate surface area is 127 Å². The van der Waals surface area contributed by atoms with E-state index in [2.05, 4.69) is 10.3 Å². The number of rotatable bonds is 5. The summed E-state index contributed by atoms with van der Waals surface area (Å²) in [6.07, 6.45) is 5.67. The van der Waals surface area contributed by atoms with Gasteiger partial charge in [0.25, 0.3) is 0 Å². The first-order valence-electron chi connectivity index (χ1n) is 6.27. The molecule has 1 heterocycles. The summed E-state index contributed by atoms with van der Waals surface area (Å²) in [5.41, 5.74) is 0.926. The van der Waals surface area contributed by atoms with Gasteiger partial charge >= 0.3 is 0 Å². The van der Waals surface area contributed by atoms with Gasteiger partial charge in [-0.05, 0) is 25.0 Å². The van der Waals surface area contributed by atoms with Crippen molar-refractivity contribution in [2.45, 2.75) is 19.4 Å². The molecule has 0 bridgehead atoms. The first kappa shape index (κ1) is 14.9. The molecule has 0 aliphatic rings. The third kappa shape index (κ3) is 3.52. The molecule has 106 valence electrons. The van der Waals surface area contributed by atoms with Crippen LogP contribution in [0.15, 0.2) is 36.9 Å². The summed E-state index contributed by atoms with van der Waals surface area (Å²) < 4.78 is 1.75. The Hall–Kier alpha value is -1.52. The van der Waals surface area contributed by atoms with Crippen LogP contribution in [0.5, 0.6) is 0 Å². The maximum absolute atomic E-state index is 12.0. The van der Waals surface area contributed by atoms with Gasteiger partial charge in [0.15, 0.2) is 0 Å². The van der Waals surface area contributed by atoms with E-state index in [0.29, 0.717) is 23.0 Å². The monoisotopic (exact) mass is 311 g/mol. The zero-order chi connectivity index (χ0) is 14.5. The van der Waals surface area contributed by atoms with Crippen molar-refractivity contribution in [3.63, 3.8) is 0 Å². The number of carbonyl (C=O) groups is 1. The summed E-state index contributed by atoms with van der Waals surface area (Å²) in [5.74, 6) is -0.0545. The topological polar surface area (TPSA) is 46.9 Å². The highest BCUT2D eigenvalue weighted by Gasteiger charge is 2.13. The predicted octanol–water partition coefficient (Wildman–Crippen LogP) is 3.11. The molecule has 0 aliphatic heterocycles. The third-order valence-electron chi connectivity index (χ3n) is 3.08. The number of imidazole rings is 1. The van der Waals surface area contributed by atoms with Gasteiger partial charge in [0.1, 0.15) is 6.04 Å². The molecule has 2 rings (SSSR count). The summed E-state index contributed by atoms with van der Waals surface area (Å²) in [5, 5.41) is 3.95. The molecule has 0 radical (unpaired) electrons. The average molecular weight is 312 g/mol. The van der Waals surface area contributed by atoms with Crippen LogP contribution in [-0.2, 0) is 11.2 Å². The predicted molar refractivity (Wildman–Crippen MR) is 80.1 cm³/mol. The number of benzene rings is 1. The number of nitrogens with zero attached hydrogens (tertiary/aromatic N) is 2. The van der Waals surface area contributed by atoms with Crippen LogP contribution in [0.25, 0.3) is 0 Å². The molecule has 0 saturated carbocycles. The second kappa shape index (κ2) is 6.77. The van der Waals surface area contributed by atoms with E-state index >= 15 is 0 Å². The van der Waals surface area contributed by atoms with Gasteiger partial charge in [-0.3, -0.25) is 4.79 Å². The summed E-state index contributed by atoms with van der Waals surface area (Å²) in [6.45, 7) is 2.33. The van der Waals surface area contributed by atoms with Crippen LogP contribution in [0.2, 0.25) is 10.0 Å². The van der Waals surface area contributed by atoms with E-state index < -0.39 is 0 Å². The van der Waals surface area contributed by atoms with Crippen molar-refractivity contribution in [2.24, 2.45) is 0 Å². The summed E-state index contributed by atoms with van der Waals surface area (Å²) in [7, 11) is 0. The van der Waals surface area contributed by atoms with E-state index in [9.17, 15) is 4.79 Å². The fraction of sp³-hybridized carbons (Fsp3) is 0.286. The molecule has 1 atom stereocenters. The van der Waals surface area contributed by atoms with E-state index in [1.807, 2.05) is 19.1 Å². The van der Waals surface area contributed by atoms with Crippen LogP contribution in [0.4, 0.5) is 0 Å². The molecule has 1 aromatic heterocycles. The van der Waals surface area contributed by atoms with Gasteiger partial charge in [-0.15, -0.1) is 0 Å². The van der Waals surface area contributed by atoms with Crippen LogP contribution in [0, 0.1) is 0 Å². The number of hydrogen-bond donors (Lipinski definition) is 1. The Balaban J connectivity index is 1.87. The molecule has 1 N–H and O–H groups in total. The Morgan fingerprint density at radius 2 is 2.25 bits per heavy atom. The van der Waals surface area contributed by atoms with Crippen molar-refractivity contribution in [1.29, 1.82) is 0 Å². The highest BCUT2D eigenvalue weighted by Crippen LogP contribution is 2.25. The average Bonchev–Trinajstić information content (AvgIpc) is 2.96. The second-order valence-electron chi connectivity index (χ2n) is 4.44. The van der Waals surface area contributed by atoms with Gasteiger partial charge in [0.2, 0.25) is 5.91 Å². The molecule has 20 heavy (non-hydrogen) atoms. The first-order chi connectivity index (χ1) is 9.59. The lowest BCUT2D eigenvalue weighted by Gasteiger charge is -2.13. The highest BCUT2D eigenvalue weighted by molar-refractivity contribution is 6.42. The quantitative estimate of drug-likeness (QED) is 0.922. The lowest BCUT2D eigenvalue weighted by atomic mass is 10.1. The van der Waals surface area contributed by atoms with Gasteiger partial charge in [0, 0.05) is 18.9 Å². The minimum atomic E-state index is -0.285. The van der Waals surface area contributed by atoms with E-state index in [0.717, 1.165) is 5.56 Å². The zero-order valence-corrected chi connectivity index (χ0v) is 12.5. The van der Waals surface area contributed by atoms with Crippen LogP contribution in [0.1, 0.15) is 18.5 Å². The number of hydrogen-bond acceptors (Lipinski definition) is 2. The Kier molecular flexibility index (Phi) is 5.04. The van der Waals surface area contributed by atoms with Crippen molar-refractivity contribution < 1.29 is 4.79 Å². The van der Waals surface area contributed by atoms with E-state index in [-0.39, 0.29) is 11.9 Å². The van der Waals surface area contributed by atoms with Gasteiger partial charge in [0.05, 0.1) is 16.4 Å². The van der Waals surface area contributed by atoms with Gasteiger partial charge in [-0.2, -0.15) is 0 Å². The molecule has 1 unspecified atom stereocenters. The maximum Gasteiger partial charge on any atom is 0.242 e. The number of nitrogens with one attached hydrogen (secondary N) is 1. The molecule has 4 nitrogen and oxygen atoms in total. The maximum atomic E-state index is 12.0. The molecule has 1 amide bonds. The van der Waals surface area contributed by atoms with Gasteiger partial charge in [-0.25, -0.2) is 4.98 Å². The number of carbonyl (C=O) groups excluding carboxylic acids is 1. The third-order valence-corrected chi connectivity index (χ3v) is 3.93. The van der Waals surface area contributed by atoms with Gasteiger partial charge in [-0.1, -0.05) is 35.3 Å². The van der Waals surface area contributed by atoms with Crippen LogP contribution in [0.3, 0.4) is 0 Å². The fourth-order valence-corrected chi connectivity index (χ4v) is 2.26. The normalized spacial score (nSPS) is 12.2. The highest BCUT2D eigenvalue weighted by atomic mass is 35.5. The van der Waals surface area contributed by atoms with Crippen molar-refractivity contribution >= 4 is 29.1 Å². The van der Waals surface area contributed by atoms with Crippen molar-refractivity contribution in [2.75, 3.05) is 6.54 Å². The molecule has 0 saturated heterocycles. The summed E-state index contributed by atoms with van der Waals surface area (Å²) in [6, 6.07) is 5.21. The molecule has 6 heteroatoms. The van der Waals surface area contributed by atoms with Crippen molar-refractivity contribution in [3.05, 3.63) is 52.5 Å². The number of amides is 1. The van der Waals surface area contributed by atoms with Crippen molar-refractivity contribution in [1.82, 2.24) is 14.9 Å². The molecular formula is C14H15Cl2N3O. The van der Waals surface area contributed by atoms with E-state index in [1.54, 1.807) is 29.4 Å². The molecule has 0 fully saturated rings. The molecule has 2 aromatic rings. The SMILES string of the molecule is CC(C(=O)NCCc1cccc(Cl)c1Cl)n1ccnc1. The lowest BCUT2D eigenvalue weighted by Crippen LogP contribution is -2.32. The summed E-state index contributed by atoms with van der Waals surface area (Å²) in [4.78, 5) is 15.9. The van der Waals surface area contributed by atoms with Crippen LogP contribution < -0.4 is 5.32 Å². The standard InChI is InChI=1S/C14H15Cl2N3O/c1-10(19-8-7-17-9-19)14(20)18-6-5-11-3-2-4-12(15)13(11)16/h2-4,7-10H,5-6H2,1H3,(H,18,20). The Morgan fingerprint density at radius 3 is 2.95 bits per heavy atom. The second-order valence-corrected chi connectivity index (χ2v) is 5.23. The zero-order valence-electron chi connectivity index (χ0n) is 11.0. The van der Waals surface area contributed by atoms with Crippen molar-refractivity contribution in [3.8, 4) is 0 Å². The minimum Gasteiger partial charge on any atom is -0.354 e. The first-order valence-corrected chi connectivity index (χ1v) is 7.03. The molecule has 0 spiro atoms. The van der Waals surface area contributed by atoms with Crippen LogP contribution >= 0.6 is 23.2 Å². The smallest absolute Gasteiger partial charge is 0.242 e. The minimum absolute atomic E-state index is 0.0545. The Morgan fingerprint density at radius 1 is 1.45 bits per heavy atom. The molecular weight excluding hydrogens is 297 g/mol. The Bertz CT molecular complexity index is 584. The summed E-state index contributed by atoms with van der Waals surface area (Å²) >= 11 is 12.0. The molecule has 0 aliphatic carbocycles.